The van der Waals surface area contributed by atoms with E-state index in [1.807, 2.05) is 30.5 Å². The van der Waals surface area contributed by atoms with Gasteiger partial charge in [0.1, 0.15) is 5.75 Å². The molecule has 0 amide bonds. The van der Waals surface area contributed by atoms with Crippen LogP contribution in [0.25, 0.3) is 10.9 Å². The van der Waals surface area contributed by atoms with Gasteiger partial charge in [0.15, 0.2) is 0 Å². The van der Waals surface area contributed by atoms with Gasteiger partial charge in [0.25, 0.3) is 0 Å². The molecule has 0 spiro atoms. The summed E-state index contributed by atoms with van der Waals surface area (Å²) in [5.41, 5.74) is 7.53. The second-order valence-corrected chi connectivity index (χ2v) is 4.73. The van der Waals surface area contributed by atoms with Gasteiger partial charge >= 0.3 is 59.1 Å². The SMILES string of the molecule is COc1cc(NC(C)CCCN)c2ncccc2c1.[Na+].[Na+]. The van der Waals surface area contributed by atoms with Crippen molar-refractivity contribution in [2.24, 2.45) is 5.73 Å². The maximum absolute atomic E-state index is 5.55. The number of nitrogens with two attached hydrogens (primary N) is 1. The van der Waals surface area contributed by atoms with Crippen molar-refractivity contribution >= 4 is 16.6 Å². The second kappa shape index (κ2) is 10.8. The number of rotatable bonds is 6. The molecule has 0 aliphatic rings. The predicted molar refractivity (Wildman–Crippen MR) is 79.7 cm³/mol. The molecule has 0 bridgehead atoms. The van der Waals surface area contributed by atoms with Gasteiger partial charge in [0, 0.05) is 23.7 Å². The molecule has 102 valence electrons. The third-order valence-electron chi connectivity index (χ3n) is 3.16. The van der Waals surface area contributed by atoms with E-state index >= 15 is 0 Å². The minimum atomic E-state index is 0. The number of ether oxygens (including phenoxy) is 1. The Morgan fingerprint density at radius 1 is 1.33 bits per heavy atom. The van der Waals surface area contributed by atoms with Crippen LogP contribution in [0.15, 0.2) is 30.5 Å². The number of nitrogens with zero attached hydrogens (tertiary/aromatic N) is 1. The molecule has 1 atom stereocenters. The summed E-state index contributed by atoms with van der Waals surface area (Å²) in [4.78, 5) is 4.45. The van der Waals surface area contributed by atoms with E-state index in [1.54, 1.807) is 7.11 Å². The standard InChI is InChI=1S/C15H21N3O.2Na/c1-11(5-3-7-16)18-14-10-13(19-2)9-12-6-4-8-17-15(12)14;;/h4,6,8-11,18H,3,5,7,16H2,1-2H3;;/q;2*+1. The molecule has 0 radical (unpaired) electrons. The van der Waals surface area contributed by atoms with Gasteiger partial charge < -0.3 is 15.8 Å². The quantitative estimate of drug-likeness (QED) is 0.552. The zero-order valence-electron chi connectivity index (χ0n) is 13.5. The van der Waals surface area contributed by atoms with Crippen molar-refractivity contribution in [3.63, 3.8) is 0 Å². The molecule has 0 aliphatic heterocycles. The molecule has 2 aromatic rings. The number of aromatic nitrogens is 1. The van der Waals surface area contributed by atoms with Crippen LogP contribution < -0.4 is 74.9 Å². The van der Waals surface area contributed by atoms with Crippen LogP contribution in [0.2, 0.25) is 0 Å². The Morgan fingerprint density at radius 2 is 2.10 bits per heavy atom. The first kappa shape index (κ1) is 21.2. The molecule has 0 fully saturated rings. The van der Waals surface area contributed by atoms with Gasteiger partial charge in [-0.15, -0.1) is 0 Å². The van der Waals surface area contributed by atoms with Gasteiger partial charge in [-0.05, 0) is 38.4 Å². The molecule has 1 aromatic carbocycles. The van der Waals surface area contributed by atoms with Crippen LogP contribution in [0.1, 0.15) is 19.8 Å². The van der Waals surface area contributed by atoms with Crippen LogP contribution in [-0.4, -0.2) is 24.7 Å². The van der Waals surface area contributed by atoms with Crippen LogP contribution in [0.5, 0.6) is 5.75 Å². The van der Waals surface area contributed by atoms with E-state index in [4.69, 9.17) is 10.5 Å². The Hall–Kier alpha value is 0.190. The normalized spacial score (nSPS) is 11.2. The molecule has 21 heavy (non-hydrogen) atoms. The number of anilines is 1. The van der Waals surface area contributed by atoms with Gasteiger partial charge in [-0.1, -0.05) is 6.07 Å². The monoisotopic (exact) mass is 305 g/mol. The Balaban J connectivity index is 0.00000200. The van der Waals surface area contributed by atoms with Crippen molar-refractivity contribution in [2.45, 2.75) is 25.8 Å². The molecule has 1 unspecified atom stereocenters. The van der Waals surface area contributed by atoms with Gasteiger partial charge in [-0.2, -0.15) is 0 Å². The zero-order valence-corrected chi connectivity index (χ0v) is 17.5. The van der Waals surface area contributed by atoms with Crippen LogP contribution in [0, 0.1) is 0 Å². The molecule has 0 saturated carbocycles. The third kappa shape index (κ3) is 6.06. The summed E-state index contributed by atoms with van der Waals surface area (Å²) in [6.07, 6.45) is 3.87. The Kier molecular flexibility index (Phi) is 10.9. The number of hydrogen-bond acceptors (Lipinski definition) is 4. The fourth-order valence-electron chi connectivity index (χ4n) is 2.15. The molecular weight excluding hydrogens is 284 g/mol. The molecule has 3 N–H and O–H groups in total. The van der Waals surface area contributed by atoms with E-state index < -0.39 is 0 Å². The third-order valence-corrected chi connectivity index (χ3v) is 3.16. The van der Waals surface area contributed by atoms with Crippen molar-refractivity contribution in [2.75, 3.05) is 19.0 Å². The summed E-state index contributed by atoms with van der Waals surface area (Å²) in [7, 11) is 1.68. The molecule has 0 saturated heterocycles. The molecule has 1 heterocycles. The topological polar surface area (TPSA) is 60.2 Å². The van der Waals surface area contributed by atoms with Crippen LogP contribution in [0.3, 0.4) is 0 Å². The molecule has 1 aromatic heterocycles. The van der Waals surface area contributed by atoms with E-state index in [9.17, 15) is 0 Å². The van der Waals surface area contributed by atoms with Crippen molar-refractivity contribution < 1.29 is 63.9 Å². The smallest absolute Gasteiger partial charge is 0.497 e. The number of hydrogen-bond donors (Lipinski definition) is 2. The molecule has 4 nitrogen and oxygen atoms in total. The Morgan fingerprint density at radius 3 is 2.76 bits per heavy atom. The number of pyridine rings is 1. The largest absolute Gasteiger partial charge is 1.00 e. The fourth-order valence-corrected chi connectivity index (χ4v) is 2.15. The minimum absolute atomic E-state index is 0. The second-order valence-electron chi connectivity index (χ2n) is 4.73. The number of methoxy groups -OCH3 is 1. The van der Waals surface area contributed by atoms with Gasteiger partial charge in [-0.25, -0.2) is 0 Å². The number of nitrogens with one attached hydrogen (secondary N) is 1. The summed E-state index contributed by atoms with van der Waals surface area (Å²) in [5, 5.41) is 4.58. The first-order valence-electron chi connectivity index (χ1n) is 6.64. The van der Waals surface area contributed by atoms with E-state index in [1.165, 1.54) is 0 Å². The molecular formula is C15H21N3Na2O+2. The zero-order chi connectivity index (χ0) is 13.7. The van der Waals surface area contributed by atoms with E-state index in [-0.39, 0.29) is 59.1 Å². The van der Waals surface area contributed by atoms with Gasteiger partial charge in [-0.3, -0.25) is 4.98 Å². The van der Waals surface area contributed by atoms with E-state index in [2.05, 4.69) is 17.2 Å². The first-order chi connectivity index (χ1) is 9.24. The summed E-state index contributed by atoms with van der Waals surface area (Å²) in [6.45, 7) is 2.88. The minimum Gasteiger partial charge on any atom is -0.497 e. The van der Waals surface area contributed by atoms with Crippen molar-refractivity contribution in [1.82, 2.24) is 4.98 Å². The van der Waals surface area contributed by atoms with Crippen molar-refractivity contribution in [3.8, 4) is 5.75 Å². The predicted octanol–water partition coefficient (Wildman–Crippen LogP) is -3.21. The number of fused-ring (bicyclic) bond motifs is 1. The summed E-state index contributed by atoms with van der Waals surface area (Å²) in [6, 6.07) is 8.33. The first-order valence-corrected chi connectivity index (χ1v) is 6.64. The summed E-state index contributed by atoms with van der Waals surface area (Å²) >= 11 is 0. The van der Waals surface area contributed by atoms with Crippen LogP contribution >= 0.6 is 0 Å². The van der Waals surface area contributed by atoms with E-state index in [0.29, 0.717) is 6.04 Å². The average molecular weight is 305 g/mol. The van der Waals surface area contributed by atoms with E-state index in [0.717, 1.165) is 41.7 Å². The maximum Gasteiger partial charge on any atom is 1.00 e. The van der Waals surface area contributed by atoms with Crippen LogP contribution in [-0.2, 0) is 0 Å². The van der Waals surface area contributed by atoms with Crippen LogP contribution in [0.4, 0.5) is 5.69 Å². The van der Waals surface area contributed by atoms with Gasteiger partial charge in [0.2, 0.25) is 0 Å². The van der Waals surface area contributed by atoms with Gasteiger partial charge in [0.05, 0.1) is 18.3 Å². The molecule has 0 aliphatic carbocycles. The molecule has 2 rings (SSSR count). The van der Waals surface area contributed by atoms with Crippen molar-refractivity contribution in [3.05, 3.63) is 30.5 Å². The summed E-state index contributed by atoms with van der Waals surface area (Å²) in [5.74, 6) is 0.842. The fraction of sp³-hybridized carbons (Fsp3) is 0.400. The Bertz CT molecular complexity index is 551. The maximum atomic E-state index is 5.55. The molecule has 6 heteroatoms. The average Bonchev–Trinajstić information content (AvgIpc) is 2.44. The Labute approximate surface area is 170 Å². The van der Waals surface area contributed by atoms with Crippen molar-refractivity contribution in [1.29, 1.82) is 0 Å². The number of benzene rings is 1. The summed E-state index contributed by atoms with van der Waals surface area (Å²) < 4.78 is 5.34.